The van der Waals surface area contributed by atoms with Gasteiger partial charge in [0, 0.05) is 24.3 Å². The Hall–Kier alpha value is -1.70. The van der Waals surface area contributed by atoms with Crippen molar-refractivity contribution in [3.05, 3.63) is 34.4 Å². The van der Waals surface area contributed by atoms with Crippen LogP contribution in [0, 0.1) is 23.2 Å². The molecule has 0 amide bonds. The van der Waals surface area contributed by atoms with Crippen molar-refractivity contribution in [3.8, 4) is 0 Å². The fourth-order valence-corrected chi connectivity index (χ4v) is 8.68. The molecule has 4 aliphatic carbocycles. The molecule has 4 saturated carbocycles. The average molecular weight is 445 g/mol. The maximum absolute atomic E-state index is 12.0. The van der Waals surface area contributed by atoms with Crippen LogP contribution in [-0.2, 0) is 14.3 Å². The van der Waals surface area contributed by atoms with E-state index in [2.05, 4.69) is 6.92 Å². The molecule has 1 aromatic heterocycles. The summed E-state index contributed by atoms with van der Waals surface area (Å²) < 4.78 is 17.6. The zero-order valence-corrected chi connectivity index (χ0v) is 18.7. The van der Waals surface area contributed by atoms with Crippen molar-refractivity contribution in [1.29, 1.82) is 0 Å². The van der Waals surface area contributed by atoms with E-state index in [1.807, 2.05) is 0 Å². The molecule has 32 heavy (non-hydrogen) atoms. The van der Waals surface area contributed by atoms with Crippen molar-refractivity contribution < 1.29 is 28.9 Å². The second-order valence-electron chi connectivity index (χ2n) is 11.1. The van der Waals surface area contributed by atoms with Crippen LogP contribution >= 0.6 is 0 Å². The standard InChI is InChI=1S/C25H32O7/c1-13(26)31-21-20(14-3-6-19(28)30-12-14)23(2)9-8-17-18(25(23)22(21)32-25)5-4-15-11-16(27)7-10-24(15,17)29/h3,6,12,15-18,20-22,27,29H,4-5,7-11H2,1-2H3. The highest BCUT2D eigenvalue weighted by Crippen LogP contribution is 2.77. The molecule has 2 N–H and O–H groups in total. The number of ether oxygens (including phenoxy) is 2. The summed E-state index contributed by atoms with van der Waals surface area (Å²) in [4.78, 5) is 23.6. The van der Waals surface area contributed by atoms with Crippen LogP contribution in [0.5, 0.6) is 0 Å². The van der Waals surface area contributed by atoms with Crippen LogP contribution in [0.3, 0.4) is 0 Å². The predicted molar refractivity (Wildman–Crippen MR) is 113 cm³/mol. The molecule has 2 heterocycles. The molecule has 1 spiro atoms. The summed E-state index contributed by atoms with van der Waals surface area (Å²) in [6, 6.07) is 3.21. The van der Waals surface area contributed by atoms with Crippen molar-refractivity contribution in [2.75, 3.05) is 0 Å². The number of aliphatic hydroxyl groups excluding tert-OH is 1. The Labute approximate surface area is 187 Å². The Balaban J connectivity index is 1.41. The monoisotopic (exact) mass is 444 g/mol. The summed E-state index contributed by atoms with van der Waals surface area (Å²) >= 11 is 0. The first-order valence-corrected chi connectivity index (χ1v) is 12.0. The van der Waals surface area contributed by atoms with Gasteiger partial charge in [0.2, 0.25) is 0 Å². The SMILES string of the molecule is CC(=O)OC1C(c2ccc(=O)oc2)C2(C)CCC3C(CCC4CC(O)CCC43O)C23OC13. The van der Waals surface area contributed by atoms with Crippen LogP contribution in [0.2, 0.25) is 0 Å². The second kappa shape index (κ2) is 6.67. The van der Waals surface area contributed by atoms with E-state index in [1.165, 1.54) is 19.3 Å². The maximum atomic E-state index is 12.0. The summed E-state index contributed by atoms with van der Waals surface area (Å²) in [5, 5.41) is 22.1. The molecular weight excluding hydrogens is 412 g/mol. The summed E-state index contributed by atoms with van der Waals surface area (Å²) in [6.45, 7) is 3.65. The fourth-order valence-electron chi connectivity index (χ4n) is 8.68. The number of carbonyl (C=O) groups excluding carboxylic acids is 1. The number of hydrogen-bond acceptors (Lipinski definition) is 7. The third-order valence-electron chi connectivity index (χ3n) is 9.90. The summed E-state index contributed by atoms with van der Waals surface area (Å²) in [7, 11) is 0. The number of epoxide rings is 1. The molecule has 0 bridgehead atoms. The lowest BCUT2D eigenvalue weighted by Crippen LogP contribution is -2.62. The van der Waals surface area contributed by atoms with Gasteiger partial charge in [-0.15, -0.1) is 0 Å². The third kappa shape index (κ3) is 2.53. The molecule has 10 atom stereocenters. The molecule has 1 aromatic rings. The molecule has 1 saturated heterocycles. The molecule has 7 nitrogen and oxygen atoms in total. The maximum Gasteiger partial charge on any atom is 0.335 e. The van der Waals surface area contributed by atoms with Crippen LogP contribution in [0.15, 0.2) is 27.6 Å². The van der Waals surface area contributed by atoms with E-state index >= 15 is 0 Å². The van der Waals surface area contributed by atoms with E-state index in [4.69, 9.17) is 13.9 Å². The first-order valence-electron chi connectivity index (χ1n) is 12.0. The van der Waals surface area contributed by atoms with Crippen LogP contribution in [0.25, 0.3) is 0 Å². The highest BCUT2D eigenvalue weighted by Gasteiger charge is 2.85. The van der Waals surface area contributed by atoms with Gasteiger partial charge in [-0.25, -0.2) is 4.79 Å². The minimum absolute atomic E-state index is 0.122. The highest BCUT2D eigenvalue weighted by atomic mass is 16.7. The molecule has 174 valence electrons. The molecule has 0 aromatic carbocycles. The number of esters is 1. The van der Waals surface area contributed by atoms with E-state index in [-0.39, 0.29) is 47.3 Å². The van der Waals surface area contributed by atoms with Gasteiger partial charge >= 0.3 is 11.6 Å². The van der Waals surface area contributed by atoms with Crippen molar-refractivity contribution >= 4 is 5.97 Å². The van der Waals surface area contributed by atoms with Crippen molar-refractivity contribution in [2.45, 2.75) is 94.2 Å². The molecular formula is C25H32O7. The van der Waals surface area contributed by atoms with E-state index in [1.54, 1.807) is 6.07 Å². The van der Waals surface area contributed by atoms with Gasteiger partial charge in [-0.1, -0.05) is 6.92 Å². The van der Waals surface area contributed by atoms with E-state index < -0.39 is 22.9 Å². The van der Waals surface area contributed by atoms with Crippen molar-refractivity contribution in [2.24, 2.45) is 23.2 Å². The van der Waals surface area contributed by atoms with Crippen LogP contribution < -0.4 is 5.63 Å². The van der Waals surface area contributed by atoms with Crippen LogP contribution in [0.4, 0.5) is 0 Å². The minimum atomic E-state index is -0.761. The predicted octanol–water partition coefficient (Wildman–Crippen LogP) is 2.52. The van der Waals surface area contributed by atoms with E-state index in [9.17, 15) is 19.8 Å². The van der Waals surface area contributed by atoms with Crippen molar-refractivity contribution in [3.63, 3.8) is 0 Å². The number of aliphatic hydroxyl groups is 2. The largest absolute Gasteiger partial charge is 0.459 e. The highest BCUT2D eigenvalue weighted by molar-refractivity contribution is 5.66. The summed E-state index contributed by atoms with van der Waals surface area (Å²) in [5.74, 6) is -0.0319. The number of hydrogen-bond donors (Lipinski definition) is 2. The smallest absolute Gasteiger partial charge is 0.335 e. The first kappa shape index (κ1) is 20.9. The van der Waals surface area contributed by atoms with Crippen LogP contribution in [0.1, 0.15) is 70.3 Å². The zero-order valence-electron chi connectivity index (χ0n) is 18.7. The Morgan fingerprint density at radius 1 is 1.16 bits per heavy atom. The van der Waals surface area contributed by atoms with Gasteiger partial charge in [0.25, 0.3) is 0 Å². The summed E-state index contributed by atoms with van der Waals surface area (Å²) in [5.41, 5.74) is -1.05. The molecule has 7 heteroatoms. The Kier molecular flexibility index (Phi) is 4.35. The Morgan fingerprint density at radius 2 is 1.97 bits per heavy atom. The van der Waals surface area contributed by atoms with Gasteiger partial charge in [0.1, 0.15) is 17.8 Å². The van der Waals surface area contributed by atoms with Gasteiger partial charge in [-0.2, -0.15) is 0 Å². The molecule has 5 fully saturated rings. The molecule has 1 aliphatic heterocycles. The Morgan fingerprint density at radius 3 is 2.69 bits per heavy atom. The Bertz CT molecular complexity index is 984. The quantitative estimate of drug-likeness (QED) is 0.533. The number of fused-ring (bicyclic) bond motifs is 3. The number of rotatable bonds is 2. The molecule has 10 unspecified atom stereocenters. The summed E-state index contributed by atoms with van der Waals surface area (Å²) in [6.07, 6.45) is 6.04. The molecule has 5 aliphatic rings. The first-order chi connectivity index (χ1) is 15.2. The molecule has 6 rings (SSSR count). The second-order valence-corrected chi connectivity index (χ2v) is 11.1. The number of carbonyl (C=O) groups is 1. The normalized spacial score (nSPS) is 51.1. The average Bonchev–Trinajstić information content (AvgIpc) is 3.44. The topological polar surface area (TPSA) is 110 Å². The van der Waals surface area contributed by atoms with Crippen molar-refractivity contribution in [1.82, 2.24) is 0 Å². The van der Waals surface area contributed by atoms with E-state index in [0.717, 1.165) is 31.2 Å². The van der Waals surface area contributed by atoms with Crippen LogP contribution in [-0.4, -0.2) is 45.7 Å². The lowest BCUT2D eigenvalue weighted by Gasteiger charge is -2.59. The lowest BCUT2D eigenvalue weighted by atomic mass is 9.47. The minimum Gasteiger partial charge on any atom is -0.459 e. The fraction of sp³-hybridized carbons (Fsp3) is 0.760. The third-order valence-corrected chi connectivity index (χ3v) is 9.90. The van der Waals surface area contributed by atoms with Gasteiger partial charge in [0.05, 0.1) is 18.0 Å². The van der Waals surface area contributed by atoms with Gasteiger partial charge in [-0.05, 0) is 74.3 Å². The van der Waals surface area contributed by atoms with Gasteiger partial charge < -0.3 is 24.1 Å². The zero-order chi connectivity index (χ0) is 22.5. The van der Waals surface area contributed by atoms with Gasteiger partial charge in [-0.3, -0.25) is 4.79 Å². The molecule has 0 radical (unpaired) electrons. The van der Waals surface area contributed by atoms with E-state index in [0.29, 0.717) is 19.3 Å². The van der Waals surface area contributed by atoms with Gasteiger partial charge in [0.15, 0.2) is 0 Å². The lowest BCUT2D eigenvalue weighted by molar-refractivity contribution is -0.196.